The number of nitrogens with zero attached hydrogens (tertiary/aromatic N) is 1. The van der Waals surface area contributed by atoms with Crippen LogP contribution in [0.25, 0.3) is 0 Å². The molecule has 1 unspecified atom stereocenters. The van der Waals surface area contributed by atoms with Gasteiger partial charge in [-0.05, 0) is 73.5 Å². The zero-order chi connectivity index (χ0) is 37.2. The van der Waals surface area contributed by atoms with E-state index in [0.717, 1.165) is 44.1 Å². The molecule has 4 atom stereocenters. The average Bonchev–Trinajstić information content (AvgIpc) is 3.11. The molecule has 274 valence electrons. The summed E-state index contributed by atoms with van der Waals surface area (Å²) >= 11 is 0. The Morgan fingerprint density at radius 2 is 1.25 bits per heavy atom. The van der Waals surface area contributed by atoms with Gasteiger partial charge in [-0.2, -0.15) is 0 Å². The molecule has 3 rings (SSSR count). The van der Waals surface area contributed by atoms with E-state index in [4.69, 9.17) is 17.2 Å². The lowest BCUT2D eigenvalue weighted by molar-refractivity contribution is -0.146. The van der Waals surface area contributed by atoms with Crippen molar-refractivity contribution in [3.05, 3.63) is 120 Å². The lowest BCUT2D eigenvalue weighted by Gasteiger charge is -2.40. The molecule has 0 heterocycles. The molecule has 3 aromatic carbocycles. The standard InChI is InChI=1S/C41H55N5O5/c1-29(2)38(39(44)49)46(41(51)36(27-37(43)48)45-40(50)35(42)28-47)34(26-33-18-10-5-11-19-33)25-24-32(22-12-20-30-14-6-3-7-15-30)23-13-21-31-16-8-4-9-17-31/h3-11,14-19,24-25,29,32,34-36,38,47H,12-13,20-23,26-28,42H2,1-2H3,(H2,43,48)(H2,44,49)(H,45,50)/t34-,35?,36+,38+/m1/s1. The molecule has 0 aromatic heterocycles. The minimum absolute atomic E-state index is 0.169. The summed E-state index contributed by atoms with van der Waals surface area (Å²) in [6.45, 7) is 2.91. The highest BCUT2D eigenvalue weighted by atomic mass is 16.3. The Balaban J connectivity index is 2.04. The van der Waals surface area contributed by atoms with Crippen molar-refractivity contribution in [3.63, 3.8) is 0 Å². The fourth-order valence-electron chi connectivity index (χ4n) is 6.40. The molecule has 4 amide bonds. The molecule has 51 heavy (non-hydrogen) atoms. The maximum Gasteiger partial charge on any atom is 0.246 e. The van der Waals surface area contributed by atoms with Gasteiger partial charge >= 0.3 is 0 Å². The molecule has 10 nitrogen and oxygen atoms in total. The summed E-state index contributed by atoms with van der Waals surface area (Å²) in [5.41, 5.74) is 20.7. The number of benzene rings is 3. The van der Waals surface area contributed by atoms with Crippen LogP contribution < -0.4 is 22.5 Å². The third kappa shape index (κ3) is 13.8. The molecule has 3 aromatic rings. The molecule has 8 N–H and O–H groups in total. The first kappa shape index (κ1) is 40.6. The number of primary amides is 2. The van der Waals surface area contributed by atoms with Crippen molar-refractivity contribution in [1.82, 2.24) is 10.2 Å². The van der Waals surface area contributed by atoms with Crippen LogP contribution in [-0.4, -0.2) is 64.4 Å². The Hall–Kier alpha value is -4.80. The van der Waals surface area contributed by atoms with Gasteiger partial charge < -0.3 is 32.5 Å². The SMILES string of the molecule is CC(C)[C@@H](C(N)=O)N(C(=O)[C@H](CC(N)=O)NC(=O)C(N)CO)[C@H](C=CC(CCCc1ccccc1)CCCc1ccccc1)Cc1ccccc1. The smallest absolute Gasteiger partial charge is 0.246 e. The number of nitrogens with one attached hydrogen (secondary N) is 1. The van der Waals surface area contributed by atoms with E-state index in [0.29, 0.717) is 6.42 Å². The van der Waals surface area contributed by atoms with E-state index in [1.54, 1.807) is 13.8 Å². The summed E-state index contributed by atoms with van der Waals surface area (Å²) in [4.78, 5) is 54.1. The summed E-state index contributed by atoms with van der Waals surface area (Å²) < 4.78 is 0. The van der Waals surface area contributed by atoms with Gasteiger partial charge in [-0.3, -0.25) is 19.2 Å². The van der Waals surface area contributed by atoms with E-state index in [2.05, 4.69) is 35.7 Å². The van der Waals surface area contributed by atoms with E-state index in [1.807, 2.05) is 72.8 Å². The molecule has 0 saturated heterocycles. The summed E-state index contributed by atoms with van der Waals surface area (Å²) in [5.74, 6) is -3.32. The fourth-order valence-corrected chi connectivity index (χ4v) is 6.40. The van der Waals surface area contributed by atoms with Crippen LogP contribution in [-0.2, 0) is 38.4 Å². The zero-order valence-corrected chi connectivity index (χ0v) is 29.9. The van der Waals surface area contributed by atoms with E-state index < -0.39 is 66.7 Å². The van der Waals surface area contributed by atoms with Crippen molar-refractivity contribution < 1.29 is 24.3 Å². The molecule has 0 bridgehead atoms. The number of aliphatic hydroxyl groups excluding tert-OH is 1. The number of hydrogen-bond donors (Lipinski definition) is 5. The predicted molar refractivity (Wildman–Crippen MR) is 201 cm³/mol. The van der Waals surface area contributed by atoms with Crippen molar-refractivity contribution in [3.8, 4) is 0 Å². The maximum atomic E-state index is 14.6. The first-order valence-corrected chi connectivity index (χ1v) is 17.9. The van der Waals surface area contributed by atoms with Gasteiger partial charge in [0.25, 0.3) is 0 Å². The number of aryl methyl sites for hydroxylation is 2. The number of carbonyl (C=O) groups is 4. The van der Waals surface area contributed by atoms with Crippen LogP contribution in [0.5, 0.6) is 0 Å². The molecular formula is C41H55N5O5. The first-order chi connectivity index (χ1) is 24.5. The quantitative estimate of drug-likeness (QED) is 0.0995. The van der Waals surface area contributed by atoms with Crippen LogP contribution in [0.3, 0.4) is 0 Å². The van der Waals surface area contributed by atoms with Gasteiger partial charge in [-0.15, -0.1) is 0 Å². The average molecular weight is 698 g/mol. The summed E-state index contributed by atoms with van der Waals surface area (Å²) in [6.07, 6.45) is 9.54. The van der Waals surface area contributed by atoms with E-state index in [9.17, 15) is 24.3 Å². The van der Waals surface area contributed by atoms with Gasteiger partial charge in [0.05, 0.1) is 19.1 Å². The van der Waals surface area contributed by atoms with Crippen LogP contribution in [0.2, 0.25) is 0 Å². The minimum Gasteiger partial charge on any atom is -0.394 e. The van der Waals surface area contributed by atoms with Gasteiger partial charge in [-0.25, -0.2) is 0 Å². The van der Waals surface area contributed by atoms with Crippen molar-refractivity contribution in [2.24, 2.45) is 29.0 Å². The lowest BCUT2D eigenvalue weighted by Crippen LogP contribution is -2.61. The predicted octanol–water partition coefficient (Wildman–Crippen LogP) is 3.83. The number of aliphatic hydroxyl groups is 1. The first-order valence-electron chi connectivity index (χ1n) is 17.9. The van der Waals surface area contributed by atoms with Gasteiger partial charge in [0.15, 0.2) is 0 Å². The van der Waals surface area contributed by atoms with Crippen LogP contribution in [0, 0.1) is 11.8 Å². The molecule has 0 radical (unpaired) electrons. The third-order valence-corrected chi connectivity index (χ3v) is 9.05. The number of hydrogen-bond acceptors (Lipinski definition) is 6. The van der Waals surface area contributed by atoms with E-state index in [1.165, 1.54) is 16.0 Å². The Kier molecular flexibility index (Phi) is 17.1. The highest BCUT2D eigenvalue weighted by molar-refractivity contribution is 5.95. The highest BCUT2D eigenvalue weighted by Gasteiger charge is 2.39. The minimum atomic E-state index is -1.44. The third-order valence-electron chi connectivity index (χ3n) is 9.05. The number of rotatable bonds is 22. The van der Waals surface area contributed by atoms with Gasteiger partial charge in [-0.1, -0.05) is 117 Å². The number of allylic oxidation sites excluding steroid dienone is 1. The van der Waals surface area contributed by atoms with Crippen molar-refractivity contribution in [1.29, 1.82) is 0 Å². The van der Waals surface area contributed by atoms with Crippen LogP contribution in [0.15, 0.2) is 103 Å². The Morgan fingerprint density at radius 3 is 1.69 bits per heavy atom. The second kappa shape index (κ2) is 21.4. The van der Waals surface area contributed by atoms with Crippen LogP contribution >= 0.6 is 0 Å². The number of amides is 4. The zero-order valence-electron chi connectivity index (χ0n) is 29.9. The van der Waals surface area contributed by atoms with Gasteiger partial charge in [0, 0.05) is 0 Å². The Labute approximate surface area is 302 Å². The summed E-state index contributed by atoms with van der Waals surface area (Å²) in [5, 5.41) is 12.0. The second-order valence-corrected chi connectivity index (χ2v) is 13.5. The van der Waals surface area contributed by atoms with Crippen LogP contribution in [0.4, 0.5) is 0 Å². The lowest BCUT2D eigenvalue weighted by atomic mass is 9.90. The molecule has 0 aliphatic rings. The molecule has 0 spiro atoms. The molecular weight excluding hydrogens is 642 g/mol. The van der Waals surface area contributed by atoms with E-state index in [-0.39, 0.29) is 5.92 Å². The number of carbonyl (C=O) groups excluding carboxylic acids is 4. The maximum absolute atomic E-state index is 14.6. The van der Waals surface area contributed by atoms with E-state index >= 15 is 0 Å². The molecule has 10 heteroatoms. The molecule has 0 fully saturated rings. The topological polar surface area (TPSA) is 182 Å². The summed E-state index contributed by atoms with van der Waals surface area (Å²) in [7, 11) is 0. The summed E-state index contributed by atoms with van der Waals surface area (Å²) in [6, 6.07) is 25.8. The van der Waals surface area contributed by atoms with Gasteiger partial charge in [0.1, 0.15) is 18.1 Å². The van der Waals surface area contributed by atoms with Crippen LogP contribution in [0.1, 0.15) is 62.6 Å². The van der Waals surface area contributed by atoms with Crippen molar-refractivity contribution in [2.45, 2.75) is 89.4 Å². The molecule has 0 saturated carbocycles. The number of nitrogens with two attached hydrogens (primary N) is 3. The van der Waals surface area contributed by atoms with Gasteiger partial charge in [0.2, 0.25) is 23.6 Å². The Bertz CT molecular complexity index is 1490. The monoisotopic (exact) mass is 697 g/mol. The molecule has 0 aliphatic carbocycles. The largest absolute Gasteiger partial charge is 0.394 e. The molecule has 0 aliphatic heterocycles. The van der Waals surface area contributed by atoms with Crippen molar-refractivity contribution in [2.75, 3.05) is 6.61 Å². The second-order valence-electron chi connectivity index (χ2n) is 13.5. The fraction of sp³-hybridized carbons (Fsp3) is 0.415. The highest BCUT2D eigenvalue weighted by Crippen LogP contribution is 2.24. The normalized spacial score (nSPS) is 13.8. The van der Waals surface area contributed by atoms with Crippen molar-refractivity contribution >= 4 is 23.6 Å². The Morgan fingerprint density at radius 1 is 0.765 bits per heavy atom.